The van der Waals surface area contributed by atoms with Gasteiger partial charge in [-0.05, 0) is 35.9 Å². The molecule has 7 heteroatoms. The van der Waals surface area contributed by atoms with Gasteiger partial charge in [0.2, 0.25) is 0 Å². The SMILES string of the molecule is COC(=O)C(=O)/C=C(\O)c1c(Cc2ccc(F)cc2)[nH]c2ccc(Cl)cc12. The van der Waals surface area contributed by atoms with Crippen molar-refractivity contribution in [1.29, 1.82) is 0 Å². The van der Waals surface area contributed by atoms with Gasteiger partial charge in [-0.3, -0.25) is 4.79 Å². The fourth-order valence-electron chi connectivity index (χ4n) is 2.81. The molecular formula is C20H15ClFNO4. The number of rotatable bonds is 5. The van der Waals surface area contributed by atoms with Crippen molar-refractivity contribution >= 4 is 40.0 Å². The number of H-pyrrole nitrogens is 1. The fraction of sp³-hybridized carbons (Fsp3) is 0.100. The Kier molecular flexibility index (Phi) is 5.28. The van der Waals surface area contributed by atoms with Gasteiger partial charge in [0.05, 0.1) is 7.11 Å². The van der Waals surface area contributed by atoms with Crippen LogP contribution in [0.15, 0.2) is 48.5 Å². The van der Waals surface area contributed by atoms with Gasteiger partial charge in [0.15, 0.2) is 0 Å². The highest BCUT2D eigenvalue weighted by Crippen LogP contribution is 2.31. The number of aromatic amines is 1. The molecule has 0 aliphatic carbocycles. The minimum atomic E-state index is -1.08. The lowest BCUT2D eigenvalue weighted by Gasteiger charge is -2.05. The second kappa shape index (κ2) is 7.63. The van der Waals surface area contributed by atoms with Crippen LogP contribution in [0, 0.1) is 5.82 Å². The number of aromatic nitrogens is 1. The van der Waals surface area contributed by atoms with Crippen LogP contribution in [0.2, 0.25) is 5.02 Å². The first-order valence-corrected chi connectivity index (χ1v) is 8.34. The highest BCUT2D eigenvalue weighted by Gasteiger charge is 2.19. The van der Waals surface area contributed by atoms with E-state index in [1.54, 1.807) is 30.3 Å². The summed E-state index contributed by atoms with van der Waals surface area (Å²) in [6.45, 7) is 0. The summed E-state index contributed by atoms with van der Waals surface area (Å²) in [6, 6.07) is 11.0. The quantitative estimate of drug-likeness (QED) is 0.298. The Bertz CT molecular complexity index is 1050. The van der Waals surface area contributed by atoms with Gasteiger partial charge in [-0.2, -0.15) is 0 Å². The number of fused-ring (bicyclic) bond motifs is 1. The van der Waals surface area contributed by atoms with Gasteiger partial charge in [0.25, 0.3) is 5.78 Å². The molecule has 0 unspecified atom stereocenters. The number of aliphatic hydroxyl groups excluding tert-OH is 1. The number of hydrogen-bond donors (Lipinski definition) is 2. The molecule has 0 aliphatic heterocycles. The molecule has 2 N–H and O–H groups in total. The van der Waals surface area contributed by atoms with Gasteiger partial charge in [-0.15, -0.1) is 0 Å². The summed E-state index contributed by atoms with van der Waals surface area (Å²) >= 11 is 6.06. The molecule has 0 saturated heterocycles. The van der Waals surface area contributed by atoms with E-state index in [1.807, 2.05) is 0 Å². The van der Waals surface area contributed by atoms with Gasteiger partial charge in [0, 0.05) is 39.7 Å². The van der Waals surface area contributed by atoms with Crippen molar-refractivity contribution in [3.63, 3.8) is 0 Å². The highest BCUT2D eigenvalue weighted by atomic mass is 35.5. The van der Waals surface area contributed by atoms with Crippen LogP contribution in [0.1, 0.15) is 16.8 Å². The molecule has 0 bridgehead atoms. The largest absolute Gasteiger partial charge is 0.507 e. The topological polar surface area (TPSA) is 79.4 Å². The van der Waals surface area contributed by atoms with Gasteiger partial charge in [0.1, 0.15) is 11.6 Å². The number of benzene rings is 2. The smallest absolute Gasteiger partial charge is 0.378 e. The lowest BCUT2D eigenvalue weighted by atomic mass is 10.0. The minimum absolute atomic E-state index is 0.340. The van der Waals surface area contributed by atoms with Crippen molar-refractivity contribution in [3.8, 4) is 0 Å². The van der Waals surface area contributed by atoms with E-state index < -0.39 is 17.5 Å². The van der Waals surface area contributed by atoms with Crippen LogP contribution in [0.25, 0.3) is 16.7 Å². The molecule has 0 amide bonds. The van der Waals surface area contributed by atoms with Crippen molar-refractivity contribution in [2.75, 3.05) is 7.11 Å². The fourth-order valence-corrected chi connectivity index (χ4v) is 2.98. The predicted molar refractivity (Wildman–Crippen MR) is 100 cm³/mol. The summed E-state index contributed by atoms with van der Waals surface area (Å²) in [5, 5.41) is 11.6. The van der Waals surface area contributed by atoms with Crippen molar-refractivity contribution < 1.29 is 23.8 Å². The number of halogens is 2. The Morgan fingerprint density at radius 2 is 1.93 bits per heavy atom. The lowest BCUT2D eigenvalue weighted by molar-refractivity contribution is -0.149. The van der Waals surface area contributed by atoms with E-state index in [2.05, 4.69) is 9.72 Å². The average Bonchev–Trinajstić information content (AvgIpc) is 2.99. The van der Waals surface area contributed by atoms with Crippen molar-refractivity contribution in [2.24, 2.45) is 0 Å². The maximum Gasteiger partial charge on any atom is 0.378 e. The molecule has 0 radical (unpaired) electrons. The van der Waals surface area contributed by atoms with Crippen LogP contribution < -0.4 is 0 Å². The number of methoxy groups -OCH3 is 1. The third kappa shape index (κ3) is 4.01. The maximum absolute atomic E-state index is 13.1. The zero-order chi connectivity index (χ0) is 19.6. The van der Waals surface area contributed by atoms with E-state index in [1.165, 1.54) is 12.1 Å². The van der Waals surface area contributed by atoms with E-state index in [-0.39, 0.29) is 5.82 Å². The third-order valence-electron chi connectivity index (χ3n) is 4.04. The van der Waals surface area contributed by atoms with Gasteiger partial charge < -0.3 is 14.8 Å². The zero-order valence-corrected chi connectivity index (χ0v) is 15.0. The van der Waals surface area contributed by atoms with E-state index in [0.29, 0.717) is 33.6 Å². The van der Waals surface area contributed by atoms with E-state index in [9.17, 15) is 19.1 Å². The van der Waals surface area contributed by atoms with Crippen LogP contribution in [0.3, 0.4) is 0 Å². The molecule has 0 fully saturated rings. The van der Waals surface area contributed by atoms with Crippen LogP contribution in [-0.4, -0.2) is 29.0 Å². The Labute approximate surface area is 159 Å². The summed E-state index contributed by atoms with van der Waals surface area (Å²) in [6.07, 6.45) is 1.15. The van der Waals surface area contributed by atoms with E-state index in [4.69, 9.17) is 11.6 Å². The molecular weight excluding hydrogens is 373 g/mol. The number of hydrogen-bond acceptors (Lipinski definition) is 4. The Morgan fingerprint density at radius 3 is 2.59 bits per heavy atom. The number of carbonyl (C=O) groups is 2. The molecule has 1 heterocycles. The third-order valence-corrected chi connectivity index (χ3v) is 4.28. The number of nitrogens with one attached hydrogen (secondary N) is 1. The number of ketones is 1. The van der Waals surface area contributed by atoms with Crippen LogP contribution in [0.4, 0.5) is 4.39 Å². The van der Waals surface area contributed by atoms with E-state index in [0.717, 1.165) is 18.7 Å². The second-order valence-electron chi connectivity index (χ2n) is 5.86. The zero-order valence-electron chi connectivity index (χ0n) is 14.3. The first-order valence-electron chi connectivity index (χ1n) is 7.97. The molecule has 27 heavy (non-hydrogen) atoms. The molecule has 0 spiro atoms. The summed E-state index contributed by atoms with van der Waals surface area (Å²) in [4.78, 5) is 26.3. The van der Waals surface area contributed by atoms with Crippen molar-refractivity contribution in [3.05, 3.63) is 76.2 Å². The first-order chi connectivity index (χ1) is 12.9. The monoisotopic (exact) mass is 387 g/mol. The maximum atomic E-state index is 13.1. The molecule has 5 nitrogen and oxygen atoms in total. The van der Waals surface area contributed by atoms with E-state index >= 15 is 0 Å². The molecule has 0 saturated carbocycles. The normalized spacial score (nSPS) is 11.6. The number of ether oxygens (including phenoxy) is 1. The number of esters is 1. The van der Waals surface area contributed by atoms with Crippen LogP contribution in [0.5, 0.6) is 0 Å². The summed E-state index contributed by atoms with van der Waals surface area (Å²) in [5.41, 5.74) is 2.42. The van der Waals surface area contributed by atoms with Crippen molar-refractivity contribution in [1.82, 2.24) is 4.98 Å². The Balaban J connectivity index is 2.11. The standard InChI is InChI=1S/C20H15ClFNO4/c1-27-20(26)18(25)10-17(24)19-14-9-12(21)4-7-15(14)23-16(19)8-11-2-5-13(22)6-3-11/h2-7,9-10,23-24H,8H2,1H3/b17-10-. The molecule has 3 rings (SSSR count). The molecule has 1 aromatic heterocycles. The number of aliphatic hydroxyl groups is 1. The van der Waals surface area contributed by atoms with Gasteiger partial charge in [-0.25, -0.2) is 9.18 Å². The first kappa shape index (κ1) is 18.7. The molecule has 0 atom stereocenters. The minimum Gasteiger partial charge on any atom is -0.507 e. The van der Waals surface area contributed by atoms with Crippen molar-refractivity contribution in [2.45, 2.75) is 6.42 Å². The molecule has 3 aromatic rings. The van der Waals surface area contributed by atoms with Crippen LogP contribution >= 0.6 is 11.6 Å². The Morgan fingerprint density at radius 1 is 1.22 bits per heavy atom. The van der Waals surface area contributed by atoms with Gasteiger partial charge >= 0.3 is 5.97 Å². The lowest BCUT2D eigenvalue weighted by Crippen LogP contribution is -2.13. The summed E-state index contributed by atoms with van der Waals surface area (Å²) in [7, 11) is 1.08. The van der Waals surface area contributed by atoms with Gasteiger partial charge in [-0.1, -0.05) is 23.7 Å². The van der Waals surface area contributed by atoms with Crippen LogP contribution in [-0.2, 0) is 20.7 Å². The summed E-state index contributed by atoms with van der Waals surface area (Å²) in [5.74, 6) is -2.82. The molecule has 0 aliphatic rings. The number of carbonyl (C=O) groups excluding carboxylic acids is 2. The molecule has 2 aromatic carbocycles. The highest BCUT2D eigenvalue weighted by molar-refractivity contribution is 6.39. The average molecular weight is 388 g/mol. The summed E-state index contributed by atoms with van der Waals surface area (Å²) < 4.78 is 17.5. The predicted octanol–water partition coefficient (Wildman–Crippen LogP) is 4.19. The Hall–Kier alpha value is -3.12. The molecule has 138 valence electrons. The second-order valence-corrected chi connectivity index (χ2v) is 6.29.